The van der Waals surface area contributed by atoms with Gasteiger partial charge < -0.3 is 0 Å². The molecule has 0 aliphatic heterocycles. The summed E-state index contributed by atoms with van der Waals surface area (Å²) in [6.45, 7) is 0. The Morgan fingerprint density at radius 1 is 1.06 bits per heavy atom. The molecule has 0 amide bonds. The summed E-state index contributed by atoms with van der Waals surface area (Å²) in [5.41, 5.74) is 1.53. The van der Waals surface area contributed by atoms with Crippen molar-refractivity contribution in [3.8, 4) is 0 Å². The van der Waals surface area contributed by atoms with E-state index in [4.69, 9.17) is 11.6 Å². The SMILES string of the molecule is ClC(c1cc(Br)c(Br)s1)c1cc2c(s1)CCCC2. The van der Waals surface area contributed by atoms with E-state index >= 15 is 0 Å². The number of hydrogen-bond donors (Lipinski definition) is 0. The molecule has 0 saturated carbocycles. The molecular formula is C13H11Br2ClS2. The maximum Gasteiger partial charge on any atom is 0.102 e. The van der Waals surface area contributed by atoms with E-state index in [0.717, 1.165) is 8.26 Å². The van der Waals surface area contributed by atoms with Crippen LogP contribution in [0.3, 0.4) is 0 Å². The third-order valence-electron chi connectivity index (χ3n) is 3.18. The number of rotatable bonds is 2. The summed E-state index contributed by atoms with van der Waals surface area (Å²) in [5, 5.41) is -0.00630. The first-order valence-corrected chi connectivity index (χ1v) is 9.51. The van der Waals surface area contributed by atoms with Crippen LogP contribution in [0.2, 0.25) is 0 Å². The molecule has 0 aromatic carbocycles. The highest BCUT2D eigenvalue weighted by Gasteiger charge is 2.21. The van der Waals surface area contributed by atoms with Crippen LogP contribution in [-0.4, -0.2) is 0 Å². The minimum absolute atomic E-state index is 0.00630. The average Bonchev–Trinajstić information content (AvgIpc) is 2.93. The van der Waals surface area contributed by atoms with Gasteiger partial charge >= 0.3 is 0 Å². The Morgan fingerprint density at radius 3 is 2.44 bits per heavy atom. The van der Waals surface area contributed by atoms with Crippen molar-refractivity contribution in [3.63, 3.8) is 0 Å². The lowest BCUT2D eigenvalue weighted by atomic mass is 9.99. The van der Waals surface area contributed by atoms with Crippen LogP contribution in [0.15, 0.2) is 20.4 Å². The standard InChI is InChI=1S/C13H11Br2ClS2/c14-8-6-11(18-13(8)15)12(16)10-5-7-3-1-2-4-9(7)17-10/h5-6,12H,1-4H2. The molecule has 3 rings (SSSR count). The van der Waals surface area contributed by atoms with E-state index in [1.54, 1.807) is 16.2 Å². The molecule has 0 spiro atoms. The first-order chi connectivity index (χ1) is 8.65. The van der Waals surface area contributed by atoms with Crippen LogP contribution in [0.5, 0.6) is 0 Å². The fourth-order valence-corrected chi connectivity index (χ4v) is 6.08. The van der Waals surface area contributed by atoms with E-state index in [2.05, 4.69) is 44.0 Å². The van der Waals surface area contributed by atoms with Crippen LogP contribution in [0, 0.1) is 0 Å². The van der Waals surface area contributed by atoms with Crippen molar-refractivity contribution in [2.24, 2.45) is 0 Å². The molecule has 5 heteroatoms. The maximum atomic E-state index is 6.62. The Hall–Kier alpha value is 0.650. The van der Waals surface area contributed by atoms with Gasteiger partial charge in [0.1, 0.15) is 5.38 Å². The number of thiophene rings is 2. The quantitative estimate of drug-likeness (QED) is 0.478. The molecule has 1 atom stereocenters. The molecule has 1 unspecified atom stereocenters. The Morgan fingerprint density at radius 2 is 1.78 bits per heavy atom. The Labute approximate surface area is 137 Å². The van der Waals surface area contributed by atoms with Gasteiger partial charge in [-0.15, -0.1) is 34.3 Å². The fourth-order valence-electron chi connectivity index (χ4n) is 2.27. The number of halogens is 3. The summed E-state index contributed by atoms with van der Waals surface area (Å²) in [5.74, 6) is 0. The Balaban J connectivity index is 1.92. The summed E-state index contributed by atoms with van der Waals surface area (Å²) in [6.07, 6.45) is 5.12. The lowest BCUT2D eigenvalue weighted by Crippen LogP contribution is -1.96. The highest BCUT2D eigenvalue weighted by Crippen LogP contribution is 2.43. The highest BCUT2D eigenvalue weighted by atomic mass is 79.9. The van der Waals surface area contributed by atoms with Gasteiger partial charge in [0.05, 0.1) is 3.79 Å². The molecule has 2 aromatic heterocycles. The van der Waals surface area contributed by atoms with Crippen LogP contribution in [0.25, 0.3) is 0 Å². The second-order valence-electron chi connectivity index (χ2n) is 4.44. The zero-order valence-electron chi connectivity index (χ0n) is 9.51. The van der Waals surface area contributed by atoms with E-state index in [-0.39, 0.29) is 5.38 Å². The van der Waals surface area contributed by atoms with Crippen LogP contribution >= 0.6 is 66.1 Å². The van der Waals surface area contributed by atoms with Gasteiger partial charge in [-0.2, -0.15) is 0 Å². The van der Waals surface area contributed by atoms with Crippen LogP contribution in [0.1, 0.15) is 38.4 Å². The fraction of sp³-hybridized carbons (Fsp3) is 0.385. The summed E-state index contributed by atoms with van der Waals surface area (Å²) in [6, 6.07) is 4.43. The molecule has 18 heavy (non-hydrogen) atoms. The monoisotopic (exact) mass is 424 g/mol. The molecule has 0 bridgehead atoms. The predicted octanol–water partition coefficient (Wildman–Crippen LogP) is 6.54. The normalized spacial score (nSPS) is 16.6. The molecule has 0 saturated heterocycles. The van der Waals surface area contributed by atoms with E-state index in [9.17, 15) is 0 Å². The second-order valence-corrected chi connectivity index (χ2v) is 9.30. The molecule has 2 heterocycles. The molecule has 96 valence electrons. The van der Waals surface area contributed by atoms with Gasteiger partial charge in [-0.1, -0.05) is 0 Å². The number of aryl methyl sites for hydroxylation is 2. The molecule has 0 fully saturated rings. The minimum Gasteiger partial charge on any atom is -0.143 e. The zero-order valence-corrected chi connectivity index (χ0v) is 15.1. The largest absolute Gasteiger partial charge is 0.143 e. The average molecular weight is 427 g/mol. The molecule has 0 N–H and O–H groups in total. The van der Waals surface area contributed by atoms with E-state index in [0.29, 0.717) is 0 Å². The molecule has 1 aliphatic rings. The van der Waals surface area contributed by atoms with Crippen LogP contribution in [-0.2, 0) is 12.8 Å². The zero-order chi connectivity index (χ0) is 12.7. The van der Waals surface area contributed by atoms with Crippen molar-refractivity contribution in [1.82, 2.24) is 0 Å². The van der Waals surface area contributed by atoms with Crippen molar-refractivity contribution in [1.29, 1.82) is 0 Å². The van der Waals surface area contributed by atoms with Gasteiger partial charge in [0, 0.05) is 19.1 Å². The van der Waals surface area contributed by atoms with E-state index in [1.807, 2.05) is 11.3 Å². The van der Waals surface area contributed by atoms with Crippen molar-refractivity contribution < 1.29 is 0 Å². The van der Waals surface area contributed by atoms with E-state index < -0.39 is 0 Å². The third-order valence-corrected chi connectivity index (χ3v) is 8.53. The Kier molecular flexibility index (Phi) is 4.21. The summed E-state index contributed by atoms with van der Waals surface area (Å²) in [4.78, 5) is 4.05. The Bertz CT molecular complexity index is 531. The first-order valence-electron chi connectivity index (χ1n) is 5.85. The van der Waals surface area contributed by atoms with Crippen molar-refractivity contribution in [3.05, 3.63) is 40.6 Å². The molecular weight excluding hydrogens is 416 g/mol. The van der Waals surface area contributed by atoms with E-state index in [1.165, 1.54) is 41.0 Å². The van der Waals surface area contributed by atoms with Crippen molar-refractivity contribution in [2.75, 3.05) is 0 Å². The van der Waals surface area contributed by atoms with Gasteiger partial charge in [-0.3, -0.25) is 0 Å². The maximum absolute atomic E-state index is 6.62. The van der Waals surface area contributed by atoms with Gasteiger partial charge in [-0.05, 0) is 75.2 Å². The summed E-state index contributed by atoms with van der Waals surface area (Å²) < 4.78 is 2.21. The summed E-state index contributed by atoms with van der Waals surface area (Å²) >= 11 is 17.3. The van der Waals surface area contributed by atoms with Crippen molar-refractivity contribution >= 4 is 66.1 Å². The first kappa shape index (κ1) is 13.6. The minimum atomic E-state index is -0.00630. The number of alkyl halides is 1. The second kappa shape index (κ2) is 5.57. The topological polar surface area (TPSA) is 0 Å². The van der Waals surface area contributed by atoms with Gasteiger partial charge in [0.25, 0.3) is 0 Å². The molecule has 0 nitrogen and oxygen atoms in total. The lowest BCUT2D eigenvalue weighted by Gasteiger charge is -2.08. The highest BCUT2D eigenvalue weighted by molar-refractivity contribution is 9.13. The van der Waals surface area contributed by atoms with Gasteiger partial charge in [0.15, 0.2) is 0 Å². The molecule has 0 radical (unpaired) electrons. The van der Waals surface area contributed by atoms with Crippen LogP contribution in [0.4, 0.5) is 0 Å². The summed E-state index contributed by atoms with van der Waals surface area (Å²) in [7, 11) is 0. The van der Waals surface area contributed by atoms with Gasteiger partial charge in [0.2, 0.25) is 0 Å². The van der Waals surface area contributed by atoms with Crippen molar-refractivity contribution in [2.45, 2.75) is 31.1 Å². The molecule has 1 aliphatic carbocycles. The lowest BCUT2D eigenvalue weighted by molar-refractivity contribution is 0.697. The molecule has 2 aromatic rings. The third kappa shape index (κ3) is 2.59. The predicted molar refractivity (Wildman–Crippen MR) is 88.4 cm³/mol. The van der Waals surface area contributed by atoms with Gasteiger partial charge in [-0.25, -0.2) is 0 Å². The van der Waals surface area contributed by atoms with Crippen LogP contribution < -0.4 is 0 Å². The smallest absolute Gasteiger partial charge is 0.102 e. The number of fused-ring (bicyclic) bond motifs is 1. The number of hydrogen-bond acceptors (Lipinski definition) is 2.